The molecule has 1 heterocycles. The standard InChI is InChI=1S/C23H22ClN3O8S/c1-14(2)19(23(30)34-13-15-8-10-16(11-9-15)27(31)32)26-21(25-18(29)12-28)20(22(26)36(24)33)35-17-6-4-3-5-7-17/h3-12,19-22H,1,13H2,2H3,(H,25,29). The summed E-state index contributed by atoms with van der Waals surface area (Å²) in [6.07, 6.45) is -1.98. The molecule has 11 nitrogen and oxygen atoms in total. The van der Waals surface area contributed by atoms with Crippen molar-refractivity contribution < 1.29 is 33.0 Å². The molecule has 0 aliphatic carbocycles. The second kappa shape index (κ2) is 11.9. The third-order valence-electron chi connectivity index (χ3n) is 5.33. The fourth-order valence-corrected chi connectivity index (χ4v) is 5.14. The maximum Gasteiger partial charge on any atom is 0.328 e. The highest BCUT2D eigenvalue weighted by Gasteiger charge is 2.58. The van der Waals surface area contributed by atoms with Crippen LogP contribution in [0.4, 0.5) is 5.69 Å². The Bertz CT molecular complexity index is 1180. The molecular formula is C23H22ClN3O8S. The first-order valence-corrected chi connectivity index (χ1v) is 12.5. The third-order valence-corrected chi connectivity index (χ3v) is 6.77. The van der Waals surface area contributed by atoms with Crippen LogP contribution in [0, 0.1) is 10.1 Å². The molecule has 13 heteroatoms. The van der Waals surface area contributed by atoms with Crippen LogP contribution < -0.4 is 10.1 Å². The molecule has 1 aliphatic heterocycles. The zero-order valence-corrected chi connectivity index (χ0v) is 20.5. The molecular weight excluding hydrogens is 514 g/mol. The Hall–Kier alpha value is -3.61. The first kappa shape index (κ1) is 27.0. The molecule has 36 heavy (non-hydrogen) atoms. The summed E-state index contributed by atoms with van der Waals surface area (Å²) in [7, 11) is 3.89. The number of carbonyl (C=O) groups is 3. The maximum atomic E-state index is 13.1. The van der Waals surface area contributed by atoms with Gasteiger partial charge in [-0.25, -0.2) is 13.9 Å². The van der Waals surface area contributed by atoms with E-state index in [0.717, 1.165) is 0 Å². The summed E-state index contributed by atoms with van der Waals surface area (Å²) in [6.45, 7) is 5.15. The number of hydrogen-bond donors (Lipinski definition) is 1. The van der Waals surface area contributed by atoms with Crippen molar-refractivity contribution >= 4 is 44.5 Å². The van der Waals surface area contributed by atoms with E-state index < -0.39 is 50.5 Å². The number of esters is 1. The van der Waals surface area contributed by atoms with E-state index in [1.54, 1.807) is 30.3 Å². The minimum atomic E-state index is -2.07. The van der Waals surface area contributed by atoms with Gasteiger partial charge in [-0.1, -0.05) is 30.4 Å². The monoisotopic (exact) mass is 535 g/mol. The van der Waals surface area contributed by atoms with Crippen molar-refractivity contribution in [1.82, 2.24) is 10.2 Å². The van der Waals surface area contributed by atoms with E-state index in [9.17, 15) is 28.7 Å². The quantitative estimate of drug-likeness (QED) is 0.0870. The Kier molecular flexibility index (Phi) is 8.91. The number of non-ortho nitro benzene ring substituents is 1. The molecule has 1 N–H and O–H groups in total. The van der Waals surface area contributed by atoms with Gasteiger partial charge in [-0.15, -0.1) is 0 Å². The molecule has 0 bridgehead atoms. The van der Waals surface area contributed by atoms with Crippen molar-refractivity contribution in [3.05, 3.63) is 82.4 Å². The number of amides is 1. The van der Waals surface area contributed by atoms with Gasteiger partial charge in [0.05, 0.1) is 4.92 Å². The number of benzene rings is 2. The number of likely N-dealkylation sites (tertiary alicyclic amines) is 1. The number of nitro benzene ring substituents is 1. The summed E-state index contributed by atoms with van der Waals surface area (Å²) in [5.74, 6) is -1.38. The number of nitrogens with zero attached hydrogens (tertiary/aromatic N) is 2. The average Bonchev–Trinajstić information content (AvgIpc) is 2.85. The van der Waals surface area contributed by atoms with Crippen LogP contribution in [0.25, 0.3) is 0 Å². The highest BCUT2D eigenvalue weighted by atomic mass is 35.7. The van der Waals surface area contributed by atoms with Crippen LogP contribution >= 0.6 is 10.7 Å². The summed E-state index contributed by atoms with van der Waals surface area (Å²) in [4.78, 5) is 47.6. The summed E-state index contributed by atoms with van der Waals surface area (Å²) >= 11 is 0. The molecule has 0 radical (unpaired) electrons. The predicted molar refractivity (Wildman–Crippen MR) is 130 cm³/mol. The van der Waals surface area contributed by atoms with Crippen molar-refractivity contribution in [2.45, 2.75) is 37.2 Å². The second-order valence-electron chi connectivity index (χ2n) is 7.83. The van der Waals surface area contributed by atoms with E-state index in [0.29, 0.717) is 16.9 Å². The molecule has 1 aliphatic rings. The van der Waals surface area contributed by atoms with Crippen molar-refractivity contribution in [2.75, 3.05) is 0 Å². The van der Waals surface area contributed by atoms with Gasteiger partial charge in [0.25, 0.3) is 11.6 Å². The van der Waals surface area contributed by atoms with Gasteiger partial charge < -0.3 is 14.8 Å². The Labute approximate surface area is 213 Å². The number of ether oxygens (including phenoxy) is 2. The van der Waals surface area contributed by atoms with Crippen LogP contribution in [0.15, 0.2) is 66.7 Å². The van der Waals surface area contributed by atoms with Crippen molar-refractivity contribution in [3.63, 3.8) is 0 Å². The van der Waals surface area contributed by atoms with Crippen LogP contribution in [-0.4, -0.2) is 55.9 Å². The van der Waals surface area contributed by atoms with Crippen molar-refractivity contribution in [3.8, 4) is 5.75 Å². The zero-order valence-electron chi connectivity index (χ0n) is 18.9. The smallest absolute Gasteiger partial charge is 0.328 e. The molecule has 1 fully saturated rings. The number of nitro groups is 1. The molecule has 0 aromatic heterocycles. The van der Waals surface area contributed by atoms with Gasteiger partial charge >= 0.3 is 5.97 Å². The molecule has 2 aromatic rings. The molecule has 3 rings (SSSR count). The van der Waals surface area contributed by atoms with E-state index in [1.165, 1.54) is 36.1 Å². The fraction of sp³-hybridized carbons (Fsp3) is 0.261. The van der Waals surface area contributed by atoms with Gasteiger partial charge in [0.1, 0.15) is 40.0 Å². The number of nitrogens with one attached hydrogen (secondary N) is 1. The zero-order chi connectivity index (χ0) is 26.4. The number of rotatable bonds is 11. The Morgan fingerprint density at radius 3 is 2.42 bits per heavy atom. The number of hydrogen-bond acceptors (Lipinski definition) is 9. The molecule has 0 spiro atoms. The summed E-state index contributed by atoms with van der Waals surface area (Å²) in [5, 5.41) is 12.2. The second-order valence-corrected chi connectivity index (χ2v) is 9.73. The molecule has 5 unspecified atom stereocenters. The van der Waals surface area contributed by atoms with E-state index in [2.05, 4.69) is 11.9 Å². The first-order valence-electron chi connectivity index (χ1n) is 10.5. The minimum absolute atomic E-state index is 0.0609. The Balaban J connectivity index is 1.84. The third kappa shape index (κ3) is 6.14. The highest BCUT2D eigenvalue weighted by molar-refractivity contribution is 8.08. The predicted octanol–water partition coefficient (Wildman–Crippen LogP) is 2.22. The van der Waals surface area contributed by atoms with E-state index >= 15 is 0 Å². The normalized spacial score (nSPS) is 20.8. The minimum Gasteiger partial charge on any atom is -0.484 e. The number of carbonyl (C=O) groups excluding carboxylic acids is 3. The Morgan fingerprint density at radius 2 is 1.89 bits per heavy atom. The van der Waals surface area contributed by atoms with Gasteiger partial charge in [0, 0.05) is 12.1 Å². The van der Waals surface area contributed by atoms with Crippen LogP contribution in [0.2, 0.25) is 0 Å². The number of para-hydroxylation sites is 1. The SMILES string of the molecule is C=C(C)C(C(=O)OCc1ccc([N+](=O)[O-])cc1)N1C(NC(=O)C=O)C(Oc2ccccc2)C1S(=O)Cl. The molecule has 1 saturated heterocycles. The van der Waals surface area contributed by atoms with Crippen LogP contribution in [0.3, 0.4) is 0 Å². The van der Waals surface area contributed by atoms with Crippen LogP contribution in [0.1, 0.15) is 12.5 Å². The topological polar surface area (TPSA) is 145 Å². The summed E-state index contributed by atoms with van der Waals surface area (Å²) in [6, 6.07) is 12.7. The average molecular weight is 536 g/mol. The lowest BCUT2D eigenvalue weighted by molar-refractivity contribution is -0.384. The maximum absolute atomic E-state index is 13.1. The number of aldehydes is 1. The molecule has 0 saturated carbocycles. The lowest BCUT2D eigenvalue weighted by Crippen LogP contribution is -2.79. The van der Waals surface area contributed by atoms with Crippen LogP contribution in [0.5, 0.6) is 5.75 Å². The molecule has 190 valence electrons. The van der Waals surface area contributed by atoms with Gasteiger partial charge in [-0.05, 0) is 47.4 Å². The van der Waals surface area contributed by atoms with Gasteiger partial charge in [-0.3, -0.25) is 19.7 Å². The van der Waals surface area contributed by atoms with Crippen molar-refractivity contribution in [1.29, 1.82) is 0 Å². The largest absolute Gasteiger partial charge is 0.484 e. The van der Waals surface area contributed by atoms with Gasteiger partial charge in [-0.2, -0.15) is 0 Å². The Morgan fingerprint density at radius 1 is 1.25 bits per heavy atom. The first-order chi connectivity index (χ1) is 17.1. The van der Waals surface area contributed by atoms with Gasteiger partial charge in [0.15, 0.2) is 6.10 Å². The summed E-state index contributed by atoms with van der Waals surface area (Å²) < 4.78 is 23.8. The summed E-state index contributed by atoms with van der Waals surface area (Å²) in [5.41, 5.74) is 0.669. The van der Waals surface area contributed by atoms with E-state index in [4.69, 9.17) is 20.2 Å². The lowest BCUT2D eigenvalue weighted by atomic mass is 9.98. The molecule has 2 aromatic carbocycles. The molecule has 1 amide bonds. The number of halogens is 1. The lowest BCUT2D eigenvalue weighted by Gasteiger charge is -2.54. The fourth-order valence-electron chi connectivity index (χ4n) is 3.70. The van der Waals surface area contributed by atoms with E-state index in [1.807, 2.05) is 0 Å². The van der Waals surface area contributed by atoms with Gasteiger partial charge in [0.2, 0.25) is 6.29 Å². The highest BCUT2D eigenvalue weighted by Crippen LogP contribution is 2.36. The van der Waals surface area contributed by atoms with E-state index in [-0.39, 0.29) is 18.6 Å². The van der Waals surface area contributed by atoms with Crippen LogP contribution in [-0.2, 0) is 35.7 Å². The molecule has 5 atom stereocenters. The van der Waals surface area contributed by atoms with Crippen molar-refractivity contribution in [2.24, 2.45) is 0 Å².